The third kappa shape index (κ3) is 2.86. The van der Waals surface area contributed by atoms with E-state index in [4.69, 9.17) is 10.2 Å². The number of nitrogens with two attached hydrogens (primary N) is 1. The van der Waals surface area contributed by atoms with E-state index in [-0.39, 0.29) is 12.3 Å². The van der Waals surface area contributed by atoms with E-state index in [0.29, 0.717) is 11.3 Å². The van der Waals surface area contributed by atoms with Crippen LogP contribution in [0.25, 0.3) is 11.0 Å². The molecule has 2 heterocycles. The highest BCUT2D eigenvalue weighted by molar-refractivity contribution is 9.10. The van der Waals surface area contributed by atoms with E-state index in [0.717, 1.165) is 9.86 Å². The number of hydrogen-bond acceptors (Lipinski definition) is 4. The van der Waals surface area contributed by atoms with Crippen LogP contribution in [-0.4, -0.2) is 21.6 Å². The van der Waals surface area contributed by atoms with Crippen molar-refractivity contribution in [3.63, 3.8) is 0 Å². The molecule has 0 saturated carbocycles. The molecule has 0 aliphatic heterocycles. The van der Waals surface area contributed by atoms with Gasteiger partial charge in [-0.05, 0) is 28.1 Å². The van der Waals surface area contributed by atoms with Crippen LogP contribution in [0.15, 0.2) is 45.5 Å². The number of nitrogens with zero attached hydrogens (tertiary/aromatic N) is 2. The minimum Gasteiger partial charge on any atom is -0.450 e. The zero-order valence-corrected chi connectivity index (χ0v) is 12.8. The molecular weight excluding hydrogens is 352 g/mol. The number of nitrogens with one attached hydrogen (secondary N) is 1. The molecular formula is C14H11BrN4O3. The Balaban J connectivity index is 1.79. The van der Waals surface area contributed by atoms with Gasteiger partial charge in [-0.25, -0.2) is 0 Å². The number of carbonyl (C=O) groups is 2. The molecule has 0 unspecified atom stereocenters. The van der Waals surface area contributed by atoms with Crippen LogP contribution in [0.5, 0.6) is 0 Å². The van der Waals surface area contributed by atoms with Gasteiger partial charge in [-0.2, -0.15) is 5.10 Å². The lowest BCUT2D eigenvalue weighted by Crippen LogP contribution is -2.18. The average molecular weight is 363 g/mol. The number of carbonyl (C=O) groups excluding carboxylic acids is 2. The van der Waals surface area contributed by atoms with E-state index in [1.165, 1.54) is 17.1 Å². The first-order valence-electron chi connectivity index (χ1n) is 6.33. The van der Waals surface area contributed by atoms with E-state index in [2.05, 4.69) is 26.3 Å². The Kier molecular flexibility index (Phi) is 3.68. The van der Waals surface area contributed by atoms with Gasteiger partial charge in [-0.3, -0.25) is 14.3 Å². The first kappa shape index (κ1) is 14.3. The predicted molar refractivity (Wildman–Crippen MR) is 83.3 cm³/mol. The maximum absolute atomic E-state index is 12.2. The number of rotatable bonds is 4. The summed E-state index contributed by atoms with van der Waals surface area (Å²) < 4.78 is 7.66. The van der Waals surface area contributed by atoms with Crippen molar-refractivity contribution in [2.24, 2.45) is 5.73 Å². The second-order valence-electron chi connectivity index (χ2n) is 4.62. The third-order valence-corrected chi connectivity index (χ3v) is 3.55. The van der Waals surface area contributed by atoms with Crippen molar-refractivity contribution in [3.8, 4) is 0 Å². The van der Waals surface area contributed by atoms with Crippen molar-refractivity contribution in [2.75, 3.05) is 5.32 Å². The van der Waals surface area contributed by atoms with E-state index in [1.807, 2.05) is 18.2 Å². The molecule has 22 heavy (non-hydrogen) atoms. The fourth-order valence-electron chi connectivity index (χ4n) is 2.01. The Morgan fingerprint density at radius 1 is 1.41 bits per heavy atom. The molecule has 0 saturated heterocycles. The zero-order chi connectivity index (χ0) is 15.7. The van der Waals surface area contributed by atoms with Crippen molar-refractivity contribution in [1.29, 1.82) is 0 Å². The molecule has 0 aliphatic carbocycles. The molecule has 3 N–H and O–H groups in total. The second kappa shape index (κ2) is 5.64. The van der Waals surface area contributed by atoms with Gasteiger partial charge in [0.25, 0.3) is 5.91 Å². The molecule has 8 heteroatoms. The Bertz CT molecular complexity index is 868. The maximum atomic E-state index is 12.2. The van der Waals surface area contributed by atoms with Crippen molar-refractivity contribution in [1.82, 2.24) is 9.78 Å². The number of fused-ring (bicyclic) bond motifs is 1. The molecule has 112 valence electrons. The summed E-state index contributed by atoms with van der Waals surface area (Å²) in [4.78, 5) is 23.0. The normalized spacial score (nSPS) is 10.8. The molecule has 0 fully saturated rings. The summed E-state index contributed by atoms with van der Waals surface area (Å²) in [5.74, 6) is -0.727. The number of primary amides is 1. The highest BCUT2D eigenvalue weighted by Gasteiger charge is 2.14. The van der Waals surface area contributed by atoms with Crippen LogP contribution in [0, 0.1) is 0 Å². The first-order valence-corrected chi connectivity index (χ1v) is 7.12. The van der Waals surface area contributed by atoms with Crippen molar-refractivity contribution < 1.29 is 14.0 Å². The number of anilines is 1. The fraction of sp³-hybridized carbons (Fsp3) is 0.0714. The van der Waals surface area contributed by atoms with Gasteiger partial charge in [0.2, 0.25) is 5.91 Å². The lowest BCUT2D eigenvalue weighted by atomic mass is 10.2. The average Bonchev–Trinajstić information content (AvgIpc) is 3.05. The van der Waals surface area contributed by atoms with Gasteiger partial charge in [0, 0.05) is 11.6 Å². The third-order valence-electron chi connectivity index (χ3n) is 2.93. The van der Waals surface area contributed by atoms with Gasteiger partial charge in [0.15, 0.2) is 5.76 Å². The SMILES string of the molecule is NC(=O)Cn1cc(NC(=O)c2cc3cccc(Br)c3o2)cn1. The van der Waals surface area contributed by atoms with Gasteiger partial charge >= 0.3 is 0 Å². The summed E-state index contributed by atoms with van der Waals surface area (Å²) in [5.41, 5.74) is 6.13. The number of amides is 2. The molecule has 0 bridgehead atoms. The molecule has 0 aliphatic rings. The van der Waals surface area contributed by atoms with E-state index in [1.54, 1.807) is 6.07 Å². The smallest absolute Gasteiger partial charge is 0.291 e. The molecule has 2 aromatic heterocycles. The number of benzene rings is 1. The van der Waals surface area contributed by atoms with Crippen LogP contribution in [0.1, 0.15) is 10.6 Å². The van der Waals surface area contributed by atoms with E-state index < -0.39 is 11.8 Å². The Labute approximate surface area is 133 Å². The molecule has 0 spiro atoms. The maximum Gasteiger partial charge on any atom is 0.291 e. The number of aromatic nitrogens is 2. The molecule has 2 amide bonds. The van der Waals surface area contributed by atoms with Crippen LogP contribution in [-0.2, 0) is 11.3 Å². The van der Waals surface area contributed by atoms with Crippen molar-refractivity contribution in [3.05, 3.63) is 46.9 Å². The Morgan fingerprint density at radius 3 is 2.95 bits per heavy atom. The van der Waals surface area contributed by atoms with Crippen LogP contribution >= 0.6 is 15.9 Å². The lowest BCUT2D eigenvalue weighted by molar-refractivity contribution is -0.118. The summed E-state index contributed by atoms with van der Waals surface area (Å²) in [7, 11) is 0. The van der Waals surface area contributed by atoms with Gasteiger partial charge in [-0.15, -0.1) is 0 Å². The molecule has 3 aromatic rings. The molecule has 0 atom stereocenters. The van der Waals surface area contributed by atoms with E-state index >= 15 is 0 Å². The van der Waals surface area contributed by atoms with Crippen LogP contribution in [0.4, 0.5) is 5.69 Å². The molecule has 3 rings (SSSR count). The standard InChI is InChI=1S/C14H11BrN4O3/c15-10-3-1-2-8-4-11(22-13(8)10)14(21)18-9-5-17-19(6-9)7-12(16)20/h1-6H,7H2,(H2,16,20)(H,18,21). The lowest BCUT2D eigenvalue weighted by Gasteiger charge is -1.98. The van der Waals surface area contributed by atoms with Crippen molar-refractivity contribution in [2.45, 2.75) is 6.54 Å². The quantitative estimate of drug-likeness (QED) is 0.741. The second-order valence-corrected chi connectivity index (χ2v) is 5.47. The minimum atomic E-state index is -0.511. The minimum absolute atomic E-state index is 0.0482. The van der Waals surface area contributed by atoms with Gasteiger partial charge < -0.3 is 15.5 Å². The van der Waals surface area contributed by atoms with Gasteiger partial charge in [0.05, 0.1) is 16.4 Å². The highest BCUT2D eigenvalue weighted by Crippen LogP contribution is 2.27. The summed E-state index contributed by atoms with van der Waals surface area (Å²) >= 11 is 3.37. The summed E-state index contributed by atoms with van der Waals surface area (Å²) in [6.45, 7) is -0.0482. The molecule has 0 radical (unpaired) electrons. The topological polar surface area (TPSA) is 103 Å². The zero-order valence-electron chi connectivity index (χ0n) is 11.2. The van der Waals surface area contributed by atoms with E-state index in [9.17, 15) is 9.59 Å². The van der Waals surface area contributed by atoms with Crippen molar-refractivity contribution >= 4 is 44.4 Å². The van der Waals surface area contributed by atoms with Crippen LogP contribution in [0.3, 0.4) is 0 Å². The number of halogens is 1. The predicted octanol–water partition coefficient (Wildman–Crippen LogP) is 2.13. The molecule has 1 aromatic carbocycles. The van der Waals surface area contributed by atoms with Crippen LogP contribution in [0.2, 0.25) is 0 Å². The first-order chi connectivity index (χ1) is 10.5. The Hall–Kier alpha value is -2.61. The highest BCUT2D eigenvalue weighted by atomic mass is 79.9. The summed E-state index contributed by atoms with van der Waals surface area (Å²) in [6, 6.07) is 7.20. The van der Waals surface area contributed by atoms with Gasteiger partial charge in [-0.1, -0.05) is 12.1 Å². The number of furan rings is 1. The van der Waals surface area contributed by atoms with Crippen LogP contribution < -0.4 is 11.1 Å². The number of hydrogen-bond donors (Lipinski definition) is 2. The molecule has 7 nitrogen and oxygen atoms in total. The monoisotopic (exact) mass is 362 g/mol. The largest absolute Gasteiger partial charge is 0.450 e. The summed E-state index contributed by atoms with van der Waals surface area (Å²) in [5, 5.41) is 7.39. The summed E-state index contributed by atoms with van der Waals surface area (Å²) in [6.07, 6.45) is 2.95. The Morgan fingerprint density at radius 2 is 2.23 bits per heavy atom. The fourth-order valence-corrected chi connectivity index (χ4v) is 2.47. The van der Waals surface area contributed by atoms with Gasteiger partial charge in [0.1, 0.15) is 12.1 Å². The number of para-hydroxylation sites is 1.